The lowest BCUT2D eigenvalue weighted by Crippen LogP contribution is -2.13. The van der Waals surface area contributed by atoms with Crippen molar-refractivity contribution in [3.63, 3.8) is 0 Å². The first kappa shape index (κ1) is 14.7. The summed E-state index contributed by atoms with van der Waals surface area (Å²) in [6.45, 7) is 0. The minimum absolute atomic E-state index is 0.324. The Balaban J connectivity index is 1.82. The summed E-state index contributed by atoms with van der Waals surface area (Å²) < 4.78 is 2.53. The molecule has 0 radical (unpaired) electrons. The van der Waals surface area contributed by atoms with Crippen molar-refractivity contribution in [2.24, 2.45) is 0 Å². The van der Waals surface area contributed by atoms with Crippen LogP contribution in [-0.4, -0.2) is 25.7 Å². The molecular formula is C14H9BrClN5O. The van der Waals surface area contributed by atoms with Crippen LogP contribution in [0.3, 0.4) is 0 Å². The number of aromatic nitrogens is 4. The van der Waals surface area contributed by atoms with Crippen molar-refractivity contribution in [2.45, 2.75) is 0 Å². The molecule has 3 rings (SSSR count). The molecule has 3 aromatic rings. The van der Waals surface area contributed by atoms with Crippen molar-refractivity contribution in [3.05, 3.63) is 64.2 Å². The van der Waals surface area contributed by atoms with Crippen LogP contribution in [0, 0.1) is 0 Å². The molecule has 2 heterocycles. The third-order valence-electron chi connectivity index (χ3n) is 2.88. The number of pyridine rings is 1. The summed E-state index contributed by atoms with van der Waals surface area (Å²) in [6.07, 6.45) is 4.71. The molecule has 0 saturated carbocycles. The molecule has 0 atom stereocenters. The van der Waals surface area contributed by atoms with Gasteiger partial charge in [-0.3, -0.25) is 9.36 Å². The highest BCUT2D eigenvalue weighted by Crippen LogP contribution is 2.21. The van der Waals surface area contributed by atoms with Gasteiger partial charge in [0, 0.05) is 16.4 Å². The molecule has 0 aliphatic heterocycles. The topological polar surface area (TPSA) is 72.7 Å². The van der Waals surface area contributed by atoms with Crippen LogP contribution in [-0.2, 0) is 0 Å². The largest absolute Gasteiger partial charge is 0.307 e. The molecule has 1 aromatic carbocycles. The maximum absolute atomic E-state index is 12.2. The van der Waals surface area contributed by atoms with Crippen LogP contribution in [0.5, 0.6) is 0 Å². The predicted octanol–water partition coefficient (Wildman–Crippen LogP) is 3.33. The average molecular weight is 379 g/mol. The first-order chi connectivity index (χ1) is 10.6. The van der Waals surface area contributed by atoms with Crippen molar-refractivity contribution in [1.82, 2.24) is 19.7 Å². The molecule has 0 unspecified atom stereocenters. The van der Waals surface area contributed by atoms with Crippen LogP contribution < -0.4 is 5.32 Å². The number of amides is 1. The van der Waals surface area contributed by atoms with Crippen molar-refractivity contribution in [2.75, 3.05) is 5.32 Å². The maximum Gasteiger partial charge on any atom is 0.258 e. The molecule has 0 fully saturated rings. The lowest BCUT2D eigenvalue weighted by atomic mass is 10.2. The molecule has 0 spiro atoms. The van der Waals surface area contributed by atoms with Crippen LogP contribution >= 0.6 is 27.5 Å². The third kappa shape index (κ3) is 3.15. The van der Waals surface area contributed by atoms with E-state index in [2.05, 4.69) is 36.4 Å². The van der Waals surface area contributed by atoms with E-state index >= 15 is 0 Å². The molecule has 0 saturated heterocycles. The Hall–Kier alpha value is -2.25. The van der Waals surface area contributed by atoms with Gasteiger partial charge in [0.2, 0.25) is 0 Å². The van der Waals surface area contributed by atoms with Gasteiger partial charge in [-0.2, -0.15) is 0 Å². The number of anilines is 1. The molecule has 1 N–H and O–H groups in total. The summed E-state index contributed by atoms with van der Waals surface area (Å²) in [5.74, 6) is 0.127. The fourth-order valence-corrected chi connectivity index (χ4v) is 2.31. The molecule has 1 amide bonds. The Morgan fingerprint density at radius 2 is 1.95 bits per heavy atom. The fraction of sp³-hybridized carbons (Fsp3) is 0. The van der Waals surface area contributed by atoms with Gasteiger partial charge in [-0.25, -0.2) is 4.98 Å². The number of nitrogens with one attached hydrogen (secondary N) is 1. The first-order valence-electron chi connectivity index (χ1n) is 6.21. The predicted molar refractivity (Wildman–Crippen MR) is 86.3 cm³/mol. The zero-order valence-corrected chi connectivity index (χ0v) is 13.4. The number of hydrogen-bond donors (Lipinski definition) is 1. The van der Waals surface area contributed by atoms with Crippen molar-refractivity contribution in [3.8, 4) is 5.69 Å². The minimum atomic E-state index is -0.324. The van der Waals surface area contributed by atoms with E-state index in [1.54, 1.807) is 53.8 Å². The second-order valence-electron chi connectivity index (χ2n) is 4.35. The van der Waals surface area contributed by atoms with Gasteiger partial charge < -0.3 is 5.32 Å². The average Bonchev–Trinajstić information content (AvgIpc) is 3.03. The van der Waals surface area contributed by atoms with Crippen LogP contribution in [0.25, 0.3) is 5.69 Å². The lowest BCUT2D eigenvalue weighted by Gasteiger charge is -2.08. The minimum Gasteiger partial charge on any atom is -0.307 e. The number of rotatable bonds is 3. The monoisotopic (exact) mass is 377 g/mol. The summed E-state index contributed by atoms with van der Waals surface area (Å²) in [4.78, 5) is 16.3. The highest BCUT2D eigenvalue weighted by molar-refractivity contribution is 9.10. The van der Waals surface area contributed by atoms with Crippen molar-refractivity contribution < 1.29 is 4.79 Å². The second-order valence-corrected chi connectivity index (χ2v) is 5.67. The summed E-state index contributed by atoms with van der Waals surface area (Å²) in [6, 6.07) is 8.57. The number of hydrogen-bond acceptors (Lipinski definition) is 4. The van der Waals surface area contributed by atoms with Crippen molar-refractivity contribution >= 4 is 39.3 Å². The third-order valence-corrected chi connectivity index (χ3v) is 3.66. The van der Waals surface area contributed by atoms with E-state index in [9.17, 15) is 4.79 Å². The fourth-order valence-electron chi connectivity index (χ4n) is 1.82. The van der Waals surface area contributed by atoms with E-state index < -0.39 is 0 Å². The number of benzene rings is 1. The second kappa shape index (κ2) is 6.25. The Morgan fingerprint density at radius 3 is 2.59 bits per heavy atom. The van der Waals surface area contributed by atoms with E-state index in [0.717, 1.165) is 10.2 Å². The molecule has 0 aliphatic carbocycles. The molecule has 0 aliphatic rings. The van der Waals surface area contributed by atoms with Gasteiger partial charge in [0.05, 0.1) is 10.6 Å². The van der Waals surface area contributed by atoms with Gasteiger partial charge in [-0.15, -0.1) is 10.2 Å². The highest BCUT2D eigenvalue weighted by atomic mass is 79.9. The number of nitrogens with zero attached hydrogens (tertiary/aromatic N) is 4. The first-order valence-corrected chi connectivity index (χ1v) is 7.38. The summed E-state index contributed by atoms with van der Waals surface area (Å²) >= 11 is 9.48. The Morgan fingerprint density at radius 1 is 1.18 bits per heavy atom. The van der Waals surface area contributed by atoms with E-state index in [0.29, 0.717) is 16.4 Å². The molecule has 6 nitrogen and oxygen atoms in total. The van der Waals surface area contributed by atoms with Crippen LogP contribution in [0.15, 0.2) is 53.7 Å². The zero-order chi connectivity index (χ0) is 15.5. The number of carbonyl (C=O) groups excluding carboxylic acids is 1. The Kier molecular flexibility index (Phi) is 4.17. The summed E-state index contributed by atoms with van der Waals surface area (Å²) in [7, 11) is 0. The summed E-state index contributed by atoms with van der Waals surface area (Å²) in [5.41, 5.74) is 1.14. The standard InChI is InChI=1S/C14H9BrClN5O/c15-9-1-4-13(17-6-9)20-14(22)11-3-2-10(5-12(11)16)21-7-18-19-8-21/h1-8H,(H,17,20,22). The van der Waals surface area contributed by atoms with E-state index in [1.165, 1.54) is 0 Å². The molecule has 2 aromatic heterocycles. The molecule has 22 heavy (non-hydrogen) atoms. The van der Waals surface area contributed by atoms with Gasteiger partial charge in [0.1, 0.15) is 18.5 Å². The number of carbonyl (C=O) groups is 1. The van der Waals surface area contributed by atoms with Gasteiger partial charge >= 0.3 is 0 Å². The molecular weight excluding hydrogens is 370 g/mol. The highest BCUT2D eigenvalue weighted by Gasteiger charge is 2.12. The van der Waals surface area contributed by atoms with Crippen LogP contribution in [0.2, 0.25) is 5.02 Å². The normalized spacial score (nSPS) is 10.5. The SMILES string of the molecule is O=C(Nc1ccc(Br)cn1)c1ccc(-n2cnnc2)cc1Cl. The van der Waals surface area contributed by atoms with Crippen LogP contribution in [0.1, 0.15) is 10.4 Å². The van der Waals surface area contributed by atoms with E-state index in [4.69, 9.17) is 11.6 Å². The smallest absolute Gasteiger partial charge is 0.258 e. The van der Waals surface area contributed by atoms with Crippen LogP contribution in [0.4, 0.5) is 5.82 Å². The van der Waals surface area contributed by atoms with Crippen molar-refractivity contribution in [1.29, 1.82) is 0 Å². The molecule has 110 valence electrons. The molecule has 0 bridgehead atoms. The van der Waals surface area contributed by atoms with Gasteiger partial charge in [-0.05, 0) is 46.3 Å². The van der Waals surface area contributed by atoms with E-state index in [1.807, 2.05) is 0 Å². The Labute approximate surface area is 139 Å². The van der Waals surface area contributed by atoms with Gasteiger partial charge in [0.15, 0.2) is 0 Å². The Bertz CT molecular complexity index is 805. The van der Waals surface area contributed by atoms with Gasteiger partial charge in [0.25, 0.3) is 5.91 Å². The maximum atomic E-state index is 12.2. The van der Waals surface area contributed by atoms with Gasteiger partial charge in [-0.1, -0.05) is 11.6 Å². The lowest BCUT2D eigenvalue weighted by molar-refractivity contribution is 0.102. The molecule has 8 heteroatoms. The van der Waals surface area contributed by atoms with E-state index in [-0.39, 0.29) is 5.91 Å². The summed E-state index contributed by atoms with van der Waals surface area (Å²) in [5, 5.41) is 10.5. The number of halogens is 2. The zero-order valence-electron chi connectivity index (χ0n) is 11.1. The quantitative estimate of drug-likeness (QED) is 0.759.